The van der Waals surface area contributed by atoms with Crippen molar-refractivity contribution in [1.82, 2.24) is 19.7 Å². The zero-order valence-corrected chi connectivity index (χ0v) is 14.9. The van der Waals surface area contributed by atoms with Crippen molar-refractivity contribution in [3.05, 3.63) is 60.9 Å². The maximum atomic E-state index is 12.8. The Bertz CT molecular complexity index is 1040. The minimum atomic E-state index is -4.38. The van der Waals surface area contributed by atoms with Gasteiger partial charge in [0, 0.05) is 36.4 Å². The predicted octanol–water partition coefficient (Wildman–Crippen LogP) is 4.08. The van der Waals surface area contributed by atoms with E-state index in [1.165, 1.54) is 18.2 Å². The fraction of sp³-hybridized carbons (Fsp3) is 0.250. The Morgan fingerprint density at radius 2 is 1.96 bits per heavy atom. The van der Waals surface area contributed by atoms with Gasteiger partial charge in [-0.2, -0.15) is 18.3 Å². The summed E-state index contributed by atoms with van der Waals surface area (Å²) in [4.78, 5) is 17.7. The van der Waals surface area contributed by atoms with E-state index in [1.807, 2.05) is 10.7 Å². The molecule has 0 N–H and O–H groups in total. The largest absolute Gasteiger partial charge is 0.416 e. The molecule has 3 heterocycles. The number of hydrogen-bond donors (Lipinski definition) is 0. The summed E-state index contributed by atoms with van der Waals surface area (Å²) in [5.74, 6) is -0.122. The second-order valence-electron chi connectivity index (χ2n) is 6.69. The Balaban J connectivity index is 1.73. The molecule has 1 atom stereocenters. The highest BCUT2D eigenvalue weighted by Gasteiger charge is 2.31. The Hall–Kier alpha value is -3.16. The molecular weight excluding hydrogens is 369 g/mol. The third-order valence-electron chi connectivity index (χ3n) is 4.99. The molecule has 144 valence electrons. The normalized spacial score (nSPS) is 17.2. The average molecular weight is 386 g/mol. The standard InChI is InChI=1S/C20H17F3N4O/c1-2-18(28)26-10-8-15(12-26)27-17-7-9-24-11-16(17)19(25-27)13-3-5-14(6-4-13)20(21,22)23/h2-7,9,11,15H,1,8,10,12H2. The highest BCUT2D eigenvalue weighted by atomic mass is 19.4. The van der Waals surface area contributed by atoms with Gasteiger partial charge in [0.25, 0.3) is 0 Å². The Kier molecular flexibility index (Phi) is 4.41. The van der Waals surface area contributed by atoms with E-state index in [0.29, 0.717) is 24.3 Å². The SMILES string of the molecule is C=CC(=O)N1CCC(n2nc(-c3ccc(C(F)(F)F)cc3)c3cnccc32)C1. The number of carbonyl (C=O) groups excluding carboxylic acids is 1. The van der Waals surface area contributed by atoms with Crippen molar-refractivity contribution in [2.75, 3.05) is 13.1 Å². The van der Waals surface area contributed by atoms with Crippen LogP contribution < -0.4 is 0 Å². The Morgan fingerprint density at radius 1 is 1.21 bits per heavy atom. The van der Waals surface area contributed by atoms with Crippen LogP contribution in [0.1, 0.15) is 18.0 Å². The molecule has 0 saturated carbocycles. The molecule has 0 spiro atoms. The van der Waals surface area contributed by atoms with Crippen LogP contribution in [-0.2, 0) is 11.0 Å². The number of hydrogen-bond acceptors (Lipinski definition) is 3. The van der Waals surface area contributed by atoms with Gasteiger partial charge in [0.05, 0.1) is 17.1 Å². The highest BCUT2D eigenvalue weighted by Crippen LogP contribution is 2.34. The van der Waals surface area contributed by atoms with Gasteiger partial charge in [0.1, 0.15) is 5.69 Å². The lowest BCUT2D eigenvalue weighted by Gasteiger charge is -2.15. The van der Waals surface area contributed by atoms with Crippen LogP contribution >= 0.6 is 0 Å². The summed E-state index contributed by atoms with van der Waals surface area (Å²) in [6.45, 7) is 4.64. The minimum Gasteiger partial charge on any atom is -0.337 e. The van der Waals surface area contributed by atoms with Gasteiger partial charge < -0.3 is 4.90 Å². The molecular formula is C20H17F3N4O. The van der Waals surface area contributed by atoms with E-state index < -0.39 is 11.7 Å². The van der Waals surface area contributed by atoms with Crippen molar-refractivity contribution in [2.24, 2.45) is 0 Å². The lowest BCUT2D eigenvalue weighted by molar-refractivity contribution is -0.137. The first-order valence-corrected chi connectivity index (χ1v) is 8.79. The molecule has 1 fully saturated rings. The first-order chi connectivity index (χ1) is 13.4. The van der Waals surface area contributed by atoms with Crippen molar-refractivity contribution in [2.45, 2.75) is 18.6 Å². The fourth-order valence-electron chi connectivity index (χ4n) is 3.56. The van der Waals surface area contributed by atoms with Crippen LogP contribution in [0.3, 0.4) is 0 Å². The molecule has 1 aliphatic heterocycles. The molecule has 4 rings (SSSR count). The molecule has 1 amide bonds. The van der Waals surface area contributed by atoms with E-state index in [4.69, 9.17) is 0 Å². The smallest absolute Gasteiger partial charge is 0.337 e. The second kappa shape index (κ2) is 6.78. The number of benzene rings is 1. The lowest BCUT2D eigenvalue weighted by atomic mass is 10.1. The van der Waals surface area contributed by atoms with E-state index in [0.717, 1.165) is 29.5 Å². The van der Waals surface area contributed by atoms with Gasteiger partial charge in [-0.05, 0) is 30.7 Å². The predicted molar refractivity (Wildman–Crippen MR) is 98.4 cm³/mol. The number of carbonyl (C=O) groups is 1. The summed E-state index contributed by atoms with van der Waals surface area (Å²) < 4.78 is 40.4. The zero-order valence-electron chi connectivity index (χ0n) is 14.9. The van der Waals surface area contributed by atoms with Crippen LogP contribution in [0.4, 0.5) is 13.2 Å². The summed E-state index contributed by atoms with van der Waals surface area (Å²) in [6.07, 6.45) is 0.963. The van der Waals surface area contributed by atoms with Gasteiger partial charge in [-0.15, -0.1) is 0 Å². The first kappa shape index (κ1) is 18.2. The van der Waals surface area contributed by atoms with Crippen molar-refractivity contribution < 1.29 is 18.0 Å². The lowest BCUT2D eigenvalue weighted by Crippen LogP contribution is -2.27. The zero-order chi connectivity index (χ0) is 19.9. The van der Waals surface area contributed by atoms with E-state index in [9.17, 15) is 18.0 Å². The van der Waals surface area contributed by atoms with Gasteiger partial charge in [0.15, 0.2) is 0 Å². The average Bonchev–Trinajstić information content (AvgIpc) is 3.32. The van der Waals surface area contributed by atoms with E-state index in [2.05, 4.69) is 16.7 Å². The molecule has 1 aromatic carbocycles. The van der Waals surface area contributed by atoms with Crippen LogP contribution in [-0.4, -0.2) is 38.7 Å². The number of amides is 1. The van der Waals surface area contributed by atoms with Crippen molar-refractivity contribution >= 4 is 16.8 Å². The molecule has 3 aromatic rings. The molecule has 5 nitrogen and oxygen atoms in total. The van der Waals surface area contributed by atoms with Crippen LogP contribution in [0.5, 0.6) is 0 Å². The molecule has 0 bridgehead atoms. The molecule has 8 heteroatoms. The van der Waals surface area contributed by atoms with Crippen LogP contribution in [0.2, 0.25) is 0 Å². The summed E-state index contributed by atoms with van der Waals surface area (Å²) in [5.41, 5.74) is 1.29. The maximum Gasteiger partial charge on any atom is 0.416 e. The number of pyridine rings is 1. The number of rotatable bonds is 3. The van der Waals surface area contributed by atoms with Gasteiger partial charge in [0.2, 0.25) is 5.91 Å². The Morgan fingerprint density at radius 3 is 2.64 bits per heavy atom. The van der Waals surface area contributed by atoms with Gasteiger partial charge in [-0.1, -0.05) is 18.7 Å². The third kappa shape index (κ3) is 3.15. The van der Waals surface area contributed by atoms with Crippen molar-refractivity contribution in [3.63, 3.8) is 0 Å². The topological polar surface area (TPSA) is 51.0 Å². The minimum absolute atomic E-state index is 0.0167. The number of nitrogens with zero attached hydrogens (tertiary/aromatic N) is 4. The number of fused-ring (bicyclic) bond motifs is 1. The van der Waals surface area contributed by atoms with Crippen LogP contribution in [0.25, 0.3) is 22.2 Å². The van der Waals surface area contributed by atoms with Gasteiger partial charge in [-0.3, -0.25) is 14.5 Å². The second-order valence-corrected chi connectivity index (χ2v) is 6.69. The van der Waals surface area contributed by atoms with Crippen molar-refractivity contribution in [1.29, 1.82) is 0 Å². The quantitative estimate of drug-likeness (QED) is 0.638. The van der Waals surface area contributed by atoms with Crippen molar-refractivity contribution in [3.8, 4) is 11.3 Å². The molecule has 1 unspecified atom stereocenters. The monoisotopic (exact) mass is 386 g/mol. The van der Waals surface area contributed by atoms with E-state index in [-0.39, 0.29) is 11.9 Å². The summed E-state index contributed by atoms with van der Waals surface area (Å²) >= 11 is 0. The number of aromatic nitrogens is 3. The highest BCUT2D eigenvalue weighted by molar-refractivity contribution is 5.93. The van der Waals surface area contributed by atoms with Gasteiger partial charge in [-0.25, -0.2) is 0 Å². The van der Waals surface area contributed by atoms with Crippen LogP contribution in [0, 0.1) is 0 Å². The van der Waals surface area contributed by atoms with Gasteiger partial charge >= 0.3 is 6.18 Å². The third-order valence-corrected chi connectivity index (χ3v) is 4.99. The Labute approximate surface area is 159 Å². The fourth-order valence-corrected chi connectivity index (χ4v) is 3.56. The number of likely N-dealkylation sites (tertiary alicyclic amines) is 1. The van der Waals surface area contributed by atoms with E-state index >= 15 is 0 Å². The maximum absolute atomic E-state index is 12.8. The molecule has 1 aliphatic rings. The molecule has 1 saturated heterocycles. The number of halogens is 3. The molecule has 28 heavy (non-hydrogen) atoms. The summed E-state index contributed by atoms with van der Waals surface area (Å²) in [6, 6.07) is 6.76. The van der Waals surface area contributed by atoms with E-state index in [1.54, 1.807) is 17.3 Å². The first-order valence-electron chi connectivity index (χ1n) is 8.79. The number of alkyl halides is 3. The molecule has 0 aliphatic carbocycles. The summed E-state index contributed by atoms with van der Waals surface area (Å²) in [7, 11) is 0. The molecule has 2 aromatic heterocycles. The summed E-state index contributed by atoms with van der Waals surface area (Å²) in [5, 5.41) is 5.44. The van der Waals surface area contributed by atoms with Crippen LogP contribution in [0.15, 0.2) is 55.4 Å². The molecule has 0 radical (unpaired) electrons.